The molecule has 1 heterocycles. The summed E-state index contributed by atoms with van der Waals surface area (Å²) in [5.41, 5.74) is 2.42. The van der Waals surface area contributed by atoms with Crippen molar-refractivity contribution >= 4 is 0 Å². The molecule has 1 aromatic carbocycles. The molecule has 64 valence electrons. The smallest absolute Gasteiger partial charge is 0.112 e. The second-order valence-corrected chi connectivity index (χ2v) is 3.19. The first-order valence-corrected chi connectivity index (χ1v) is 4.14. The van der Waals surface area contributed by atoms with Crippen molar-refractivity contribution in [2.45, 2.75) is 19.1 Å². The number of rotatable bonds is 2. The van der Waals surface area contributed by atoms with Crippen molar-refractivity contribution in [1.82, 2.24) is 0 Å². The Kier molecular flexibility index (Phi) is 1.87. The van der Waals surface area contributed by atoms with E-state index in [4.69, 9.17) is 9.84 Å². The number of ether oxygens (including phenoxy) is 1. The van der Waals surface area contributed by atoms with Crippen LogP contribution in [0, 0.1) is 6.92 Å². The van der Waals surface area contributed by atoms with Gasteiger partial charge in [0.1, 0.15) is 12.2 Å². The predicted molar refractivity (Wildman–Crippen MR) is 45.9 cm³/mol. The van der Waals surface area contributed by atoms with Crippen LogP contribution in [0.2, 0.25) is 0 Å². The van der Waals surface area contributed by atoms with Gasteiger partial charge in [0.2, 0.25) is 0 Å². The fourth-order valence-corrected chi connectivity index (χ4v) is 1.33. The summed E-state index contributed by atoms with van der Waals surface area (Å²) in [6.07, 6.45) is 0.170. The molecule has 0 radical (unpaired) electrons. The average Bonchev–Trinajstić information content (AvgIpc) is 2.85. The Morgan fingerprint density at radius 1 is 1.33 bits per heavy atom. The lowest BCUT2D eigenvalue weighted by Crippen LogP contribution is -1.94. The number of aliphatic hydroxyl groups is 1. The van der Waals surface area contributed by atoms with Crippen molar-refractivity contribution in [1.29, 1.82) is 0 Å². The van der Waals surface area contributed by atoms with E-state index in [0.717, 1.165) is 0 Å². The normalized spacial score (nSPS) is 27.2. The minimum Gasteiger partial charge on any atom is -0.394 e. The number of hydrogen-bond acceptors (Lipinski definition) is 2. The molecule has 1 saturated heterocycles. The molecule has 2 nitrogen and oxygen atoms in total. The van der Waals surface area contributed by atoms with Gasteiger partial charge in [-0.15, -0.1) is 0 Å². The van der Waals surface area contributed by atoms with Crippen molar-refractivity contribution < 1.29 is 9.84 Å². The summed E-state index contributed by atoms with van der Waals surface area (Å²) < 4.78 is 5.24. The molecule has 0 bridgehead atoms. The van der Waals surface area contributed by atoms with Gasteiger partial charge in [-0.25, -0.2) is 0 Å². The van der Waals surface area contributed by atoms with Gasteiger partial charge in [-0.05, 0) is 12.5 Å². The molecule has 2 heteroatoms. The van der Waals surface area contributed by atoms with E-state index in [0.29, 0.717) is 0 Å². The van der Waals surface area contributed by atoms with E-state index < -0.39 is 0 Å². The minimum absolute atomic E-state index is 0.0349. The molecule has 1 aliphatic heterocycles. The topological polar surface area (TPSA) is 32.8 Å². The van der Waals surface area contributed by atoms with E-state index in [1.54, 1.807) is 0 Å². The molecule has 1 aromatic rings. The van der Waals surface area contributed by atoms with Gasteiger partial charge in [-0.3, -0.25) is 0 Å². The van der Waals surface area contributed by atoms with Crippen molar-refractivity contribution in [3.63, 3.8) is 0 Å². The quantitative estimate of drug-likeness (QED) is 0.671. The molecule has 2 atom stereocenters. The first kappa shape index (κ1) is 7.77. The number of aliphatic hydroxyl groups excluding tert-OH is 1. The number of aryl methyl sites for hydroxylation is 1. The Balaban J connectivity index is 2.10. The van der Waals surface area contributed by atoms with E-state index in [1.807, 2.05) is 0 Å². The van der Waals surface area contributed by atoms with Crippen LogP contribution in [-0.4, -0.2) is 17.8 Å². The van der Waals surface area contributed by atoms with Crippen molar-refractivity contribution in [2.24, 2.45) is 0 Å². The summed E-state index contributed by atoms with van der Waals surface area (Å²) in [6, 6.07) is 8.22. The second-order valence-electron chi connectivity index (χ2n) is 3.19. The molecule has 0 amide bonds. The Hall–Kier alpha value is -0.860. The van der Waals surface area contributed by atoms with E-state index in [9.17, 15) is 0 Å². The van der Waals surface area contributed by atoms with E-state index >= 15 is 0 Å². The lowest BCUT2D eigenvalue weighted by atomic mass is 10.1. The maximum Gasteiger partial charge on any atom is 0.112 e. The van der Waals surface area contributed by atoms with Crippen LogP contribution in [0.3, 0.4) is 0 Å². The van der Waals surface area contributed by atoms with Crippen LogP contribution in [0.4, 0.5) is 0 Å². The van der Waals surface area contributed by atoms with Crippen LogP contribution in [0.1, 0.15) is 17.2 Å². The van der Waals surface area contributed by atoms with Gasteiger partial charge >= 0.3 is 0 Å². The summed E-state index contributed by atoms with van der Waals surface area (Å²) >= 11 is 0. The molecule has 12 heavy (non-hydrogen) atoms. The summed E-state index contributed by atoms with van der Waals surface area (Å²) in [7, 11) is 0. The second kappa shape index (κ2) is 2.88. The highest BCUT2D eigenvalue weighted by atomic mass is 16.6. The highest BCUT2D eigenvalue weighted by Crippen LogP contribution is 2.37. The molecule has 0 aromatic heterocycles. The highest BCUT2D eigenvalue weighted by molar-refractivity contribution is 5.26. The molecule has 0 saturated carbocycles. The number of epoxide rings is 1. The fraction of sp³-hybridized carbons (Fsp3) is 0.400. The molecule has 1 aliphatic rings. The van der Waals surface area contributed by atoms with Gasteiger partial charge in [0.25, 0.3) is 0 Å². The van der Waals surface area contributed by atoms with E-state index in [2.05, 4.69) is 31.2 Å². The molecular weight excluding hydrogens is 152 g/mol. The fourth-order valence-electron chi connectivity index (χ4n) is 1.33. The highest BCUT2D eigenvalue weighted by Gasteiger charge is 2.39. The molecule has 0 aliphatic carbocycles. The third kappa shape index (κ3) is 1.36. The third-order valence-electron chi connectivity index (χ3n) is 2.17. The Morgan fingerprint density at radius 2 is 2.00 bits per heavy atom. The number of benzene rings is 1. The third-order valence-corrected chi connectivity index (χ3v) is 2.17. The van der Waals surface area contributed by atoms with Crippen LogP contribution in [0.15, 0.2) is 24.3 Å². The zero-order chi connectivity index (χ0) is 8.55. The SMILES string of the molecule is Cc1ccc([C@@H]2O[C@@H]2CO)cc1. The van der Waals surface area contributed by atoms with Crippen LogP contribution in [-0.2, 0) is 4.74 Å². The summed E-state index contributed by atoms with van der Waals surface area (Å²) in [6.45, 7) is 2.18. The Morgan fingerprint density at radius 3 is 2.50 bits per heavy atom. The Bertz CT molecular complexity index is 266. The average molecular weight is 164 g/mol. The summed E-state index contributed by atoms with van der Waals surface area (Å²) in [5.74, 6) is 0. The monoisotopic (exact) mass is 164 g/mol. The van der Waals surface area contributed by atoms with Crippen LogP contribution in [0.25, 0.3) is 0 Å². The van der Waals surface area contributed by atoms with Crippen LogP contribution >= 0.6 is 0 Å². The van der Waals surface area contributed by atoms with Crippen molar-refractivity contribution in [3.05, 3.63) is 35.4 Å². The molecule has 1 N–H and O–H groups in total. The largest absolute Gasteiger partial charge is 0.394 e. The summed E-state index contributed by atoms with van der Waals surface area (Å²) in [5, 5.41) is 8.77. The molecular formula is C10H12O2. The lowest BCUT2D eigenvalue weighted by molar-refractivity contribution is 0.242. The van der Waals surface area contributed by atoms with Crippen molar-refractivity contribution in [3.8, 4) is 0 Å². The van der Waals surface area contributed by atoms with Crippen molar-refractivity contribution in [2.75, 3.05) is 6.61 Å². The van der Waals surface area contributed by atoms with Gasteiger partial charge in [0.15, 0.2) is 0 Å². The molecule has 2 rings (SSSR count). The van der Waals surface area contributed by atoms with Gasteiger partial charge < -0.3 is 9.84 Å². The van der Waals surface area contributed by atoms with Crippen LogP contribution in [0.5, 0.6) is 0 Å². The maximum absolute atomic E-state index is 8.77. The van der Waals surface area contributed by atoms with Gasteiger partial charge in [-0.1, -0.05) is 29.8 Å². The van der Waals surface area contributed by atoms with Gasteiger partial charge in [0, 0.05) is 0 Å². The maximum atomic E-state index is 8.77. The predicted octanol–water partition coefficient (Wildman–Crippen LogP) is 1.43. The van der Waals surface area contributed by atoms with Gasteiger partial charge in [-0.2, -0.15) is 0 Å². The minimum atomic E-state index is 0.0349. The van der Waals surface area contributed by atoms with E-state index in [1.165, 1.54) is 11.1 Å². The molecule has 1 fully saturated rings. The van der Waals surface area contributed by atoms with Crippen LogP contribution < -0.4 is 0 Å². The summed E-state index contributed by atoms with van der Waals surface area (Å²) in [4.78, 5) is 0. The molecule has 0 spiro atoms. The first-order valence-electron chi connectivity index (χ1n) is 4.14. The van der Waals surface area contributed by atoms with Gasteiger partial charge in [0.05, 0.1) is 6.61 Å². The standard InChI is InChI=1S/C10H12O2/c1-7-2-4-8(5-3-7)10-9(6-11)12-10/h2-5,9-11H,6H2,1H3/t9-,10+/m1/s1. The Labute approximate surface area is 71.8 Å². The zero-order valence-corrected chi connectivity index (χ0v) is 7.03. The lowest BCUT2D eigenvalue weighted by Gasteiger charge is -1.95. The van der Waals surface area contributed by atoms with E-state index in [-0.39, 0.29) is 18.8 Å². The number of hydrogen-bond donors (Lipinski definition) is 1. The zero-order valence-electron chi connectivity index (χ0n) is 7.03. The first-order chi connectivity index (χ1) is 5.81. The molecule has 0 unspecified atom stereocenters.